The van der Waals surface area contributed by atoms with Gasteiger partial charge >= 0.3 is 0 Å². The zero-order valence-corrected chi connectivity index (χ0v) is 13.3. The van der Waals surface area contributed by atoms with Gasteiger partial charge in [0.25, 0.3) is 5.56 Å². The van der Waals surface area contributed by atoms with Crippen LogP contribution < -0.4 is 5.56 Å². The summed E-state index contributed by atoms with van der Waals surface area (Å²) in [5.41, 5.74) is 1.72. The van der Waals surface area contributed by atoms with Crippen molar-refractivity contribution in [1.82, 2.24) is 19.5 Å². The van der Waals surface area contributed by atoms with Crippen LogP contribution in [0, 0.1) is 6.92 Å². The first-order valence-corrected chi connectivity index (χ1v) is 8.07. The predicted molar refractivity (Wildman–Crippen MR) is 91.7 cm³/mol. The zero-order valence-electron chi connectivity index (χ0n) is 12.5. The number of H-pyrrole nitrogens is 1. The molecule has 0 unspecified atom stereocenters. The van der Waals surface area contributed by atoms with Crippen molar-refractivity contribution in [3.05, 3.63) is 70.0 Å². The lowest BCUT2D eigenvalue weighted by molar-refractivity contribution is 0.774. The van der Waals surface area contributed by atoms with Gasteiger partial charge in [-0.25, -0.2) is 9.97 Å². The second-order valence-electron chi connectivity index (χ2n) is 5.31. The number of aromatic nitrogens is 4. The number of aryl methyl sites for hydroxylation is 1. The zero-order chi connectivity index (χ0) is 15.8. The van der Waals surface area contributed by atoms with Crippen LogP contribution in [0.15, 0.2) is 53.8 Å². The molecular weight excluding hydrogens is 308 g/mol. The van der Waals surface area contributed by atoms with Crippen LogP contribution >= 0.6 is 11.3 Å². The Morgan fingerprint density at radius 1 is 1.26 bits per heavy atom. The summed E-state index contributed by atoms with van der Waals surface area (Å²) in [5.74, 6) is 0.905. The number of fused-ring (bicyclic) bond motifs is 1. The number of thiophene rings is 1. The van der Waals surface area contributed by atoms with E-state index in [1.807, 2.05) is 16.8 Å². The molecule has 0 saturated carbocycles. The van der Waals surface area contributed by atoms with E-state index >= 15 is 0 Å². The van der Waals surface area contributed by atoms with Crippen LogP contribution in [-0.2, 0) is 6.54 Å². The molecule has 1 N–H and O–H groups in total. The quantitative estimate of drug-likeness (QED) is 0.630. The Balaban J connectivity index is 1.83. The van der Waals surface area contributed by atoms with Crippen LogP contribution in [0.4, 0.5) is 0 Å². The van der Waals surface area contributed by atoms with Crippen LogP contribution in [0.1, 0.15) is 10.6 Å². The van der Waals surface area contributed by atoms with Crippen LogP contribution in [-0.4, -0.2) is 19.5 Å². The summed E-state index contributed by atoms with van der Waals surface area (Å²) in [6, 6.07) is 9.86. The maximum atomic E-state index is 11.4. The molecule has 0 aliphatic rings. The first-order valence-electron chi connectivity index (χ1n) is 7.25. The van der Waals surface area contributed by atoms with Crippen molar-refractivity contribution in [1.29, 1.82) is 0 Å². The van der Waals surface area contributed by atoms with E-state index in [0.29, 0.717) is 12.2 Å². The fourth-order valence-electron chi connectivity index (χ4n) is 2.78. The molecule has 1 aromatic carbocycles. The van der Waals surface area contributed by atoms with Crippen molar-refractivity contribution in [2.24, 2.45) is 0 Å². The average Bonchev–Trinajstić information content (AvgIpc) is 3.10. The van der Waals surface area contributed by atoms with Gasteiger partial charge in [0, 0.05) is 39.0 Å². The Hall–Kier alpha value is -2.73. The minimum atomic E-state index is -0.145. The minimum Gasteiger partial charge on any atom is -0.325 e. The number of nitrogens with one attached hydrogen (secondary N) is 1. The van der Waals surface area contributed by atoms with Gasteiger partial charge in [-0.05, 0) is 13.0 Å². The molecule has 0 amide bonds. The molecular formula is C17H14N4OS. The third kappa shape index (κ3) is 2.47. The highest BCUT2D eigenvalue weighted by molar-refractivity contribution is 7.19. The van der Waals surface area contributed by atoms with Gasteiger partial charge in [0.05, 0.1) is 18.6 Å². The van der Waals surface area contributed by atoms with E-state index in [9.17, 15) is 4.79 Å². The van der Waals surface area contributed by atoms with E-state index in [1.165, 1.54) is 27.4 Å². The molecule has 0 spiro atoms. The van der Waals surface area contributed by atoms with Crippen molar-refractivity contribution in [2.45, 2.75) is 13.5 Å². The molecule has 4 rings (SSSR count). The van der Waals surface area contributed by atoms with Gasteiger partial charge in [-0.3, -0.25) is 4.79 Å². The summed E-state index contributed by atoms with van der Waals surface area (Å²) in [5, 5.41) is 1.21. The topological polar surface area (TPSA) is 63.6 Å². The van der Waals surface area contributed by atoms with Gasteiger partial charge in [0.2, 0.25) is 0 Å². The van der Waals surface area contributed by atoms with Gasteiger partial charge in [-0.2, -0.15) is 0 Å². The molecule has 0 atom stereocenters. The summed E-state index contributed by atoms with van der Waals surface area (Å²) in [6.45, 7) is 2.63. The number of imidazole rings is 1. The Bertz CT molecular complexity index is 1040. The SMILES string of the molecule is Cc1sc2ccccc2c1-c1nccn1Cc1cc(=O)[nH]cn1. The Morgan fingerprint density at radius 2 is 2.13 bits per heavy atom. The van der Waals surface area contributed by atoms with Gasteiger partial charge in [0.1, 0.15) is 5.82 Å². The average molecular weight is 322 g/mol. The lowest BCUT2D eigenvalue weighted by Gasteiger charge is -2.07. The largest absolute Gasteiger partial charge is 0.325 e. The molecule has 0 radical (unpaired) electrons. The van der Waals surface area contributed by atoms with Crippen LogP contribution in [0.3, 0.4) is 0 Å². The smallest absolute Gasteiger partial charge is 0.250 e. The Labute approximate surface area is 136 Å². The van der Waals surface area contributed by atoms with E-state index in [0.717, 1.165) is 11.4 Å². The highest BCUT2D eigenvalue weighted by Crippen LogP contribution is 2.37. The summed E-state index contributed by atoms with van der Waals surface area (Å²) in [4.78, 5) is 24.0. The van der Waals surface area contributed by atoms with E-state index in [4.69, 9.17) is 0 Å². The van der Waals surface area contributed by atoms with E-state index < -0.39 is 0 Å². The van der Waals surface area contributed by atoms with Crippen molar-refractivity contribution in [3.63, 3.8) is 0 Å². The van der Waals surface area contributed by atoms with Gasteiger partial charge in [0.15, 0.2) is 0 Å². The molecule has 4 aromatic rings. The van der Waals surface area contributed by atoms with Gasteiger partial charge in [-0.15, -0.1) is 11.3 Å². The molecule has 3 aromatic heterocycles. The van der Waals surface area contributed by atoms with Crippen molar-refractivity contribution < 1.29 is 0 Å². The molecule has 0 aliphatic carbocycles. The maximum absolute atomic E-state index is 11.4. The summed E-state index contributed by atoms with van der Waals surface area (Å²) in [7, 11) is 0. The van der Waals surface area contributed by atoms with E-state index in [2.05, 4.69) is 40.1 Å². The lowest BCUT2D eigenvalue weighted by Crippen LogP contribution is -2.10. The highest BCUT2D eigenvalue weighted by Gasteiger charge is 2.15. The second kappa shape index (κ2) is 5.48. The minimum absolute atomic E-state index is 0.145. The summed E-state index contributed by atoms with van der Waals surface area (Å²) >= 11 is 1.77. The fourth-order valence-corrected chi connectivity index (χ4v) is 3.84. The number of aromatic amines is 1. The molecule has 114 valence electrons. The van der Waals surface area contributed by atoms with Crippen LogP contribution in [0.2, 0.25) is 0 Å². The molecule has 0 saturated heterocycles. The molecule has 23 heavy (non-hydrogen) atoms. The van der Waals surface area contributed by atoms with Gasteiger partial charge < -0.3 is 9.55 Å². The predicted octanol–water partition coefficient (Wildman–Crippen LogP) is 3.20. The normalized spacial score (nSPS) is 11.2. The molecule has 0 fully saturated rings. The number of hydrogen-bond donors (Lipinski definition) is 1. The lowest BCUT2D eigenvalue weighted by atomic mass is 10.1. The Morgan fingerprint density at radius 3 is 3.00 bits per heavy atom. The van der Waals surface area contributed by atoms with Crippen LogP contribution in [0.5, 0.6) is 0 Å². The van der Waals surface area contributed by atoms with Crippen LogP contribution in [0.25, 0.3) is 21.5 Å². The molecule has 3 heterocycles. The second-order valence-corrected chi connectivity index (χ2v) is 6.57. The first kappa shape index (κ1) is 13.9. The van der Waals surface area contributed by atoms with Crippen molar-refractivity contribution >= 4 is 21.4 Å². The third-order valence-electron chi connectivity index (χ3n) is 3.78. The molecule has 6 heteroatoms. The standard InChI is InChI=1S/C17H14N4OS/c1-11-16(13-4-2-3-5-14(13)23-11)17-18-6-7-21(17)9-12-8-15(22)20-10-19-12/h2-8,10H,9H2,1H3,(H,19,20,22). The third-order valence-corrected chi connectivity index (χ3v) is 4.86. The van der Waals surface area contributed by atoms with Crippen molar-refractivity contribution in [3.8, 4) is 11.4 Å². The summed E-state index contributed by atoms with van der Waals surface area (Å²) < 4.78 is 3.28. The fraction of sp³-hybridized carbons (Fsp3) is 0.118. The number of nitrogens with zero attached hydrogens (tertiary/aromatic N) is 3. The number of hydrogen-bond acceptors (Lipinski definition) is 4. The van der Waals surface area contributed by atoms with Crippen molar-refractivity contribution in [2.75, 3.05) is 0 Å². The maximum Gasteiger partial charge on any atom is 0.250 e. The molecule has 0 aliphatic heterocycles. The molecule has 5 nitrogen and oxygen atoms in total. The Kier molecular flexibility index (Phi) is 3.31. The number of benzene rings is 1. The summed E-state index contributed by atoms with van der Waals surface area (Å²) in [6.07, 6.45) is 5.14. The number of rotatable bonds is 3. The molecule has 0 bridgehead atoms. The van der Waals surface area contributed by atoms with Gasteiger partial charge in [-0.1, -0.05) is 18.2 Å². The highest BCUT2D eigenvalue weighted by atomic mass is 32.1. The van der Waals surface area contributed by atoms with E-state index in [1.54, 1.807) is 17.5 Å². The first-order chi connectivity index (χ1) is 11.2. The monoisotopic (exact) mass is 322 g/mol. The van der Waals surface area contributed by atoms with E-state index in [-0.39, 0.29) is 5.56 Å².